The lowest BCUT2D eigenvalue weighted by molar-refractivity contribution is 0.988. The van der Waals surface area contributed by atoms with Crippen LogP contribution >= 0.6 is 22.7 Å². The number of fused-ring (bicyclic) bond motifs is 1. The van der Waals surface area contributed by atoms with Gasteiger partial charge >= 0.3 is 0 Å². The van der Waals surface area contributed by atoms with Crippen LogP contribution in [-0.4, -0.2) is 4.57 Å². The topological polar surface area (TPSA) is 72.8 Å². The van der Waals surface area contributed by atoms with Crippen LogP contribution < -0.4 is 19.7 Å². The van der Waals surface area contributed by atoms with Gasteiger partial charge in [-0.15, -0.1) is 22.7 Å². The second-order valence-corrected chi connectivity index (χ2v) is 11.0. The van der Waals surface area contributed by atoms with E-state index in [1.165, 1.54) is 4.57 Å². The predicted octanol–water partition coefficient (Wildman–Crippen LogP) is 6.61. The molecule has 0 amide bonds. The van der Waals surface area contributed by atoms with Crippen molar-refractivity contribution in [3.63, 3.8) is 0 Å². The average molecular weight is 553 g/mol. The fraction of sp³-hybridized carbons (Fsp3) is 0. The molecule has 0 saturated carbocycles. The molecule has 0 aliphatic rings. The fourth-order valence-electron chi connectivity index (χ4n) is 4.62. The Morgan fingerprint density at radius 1 is 0.750 bits per heavy atom. The summed E-state index contributed by atoms with van der Waals surface area (Å²) in [5.74, 6) is 0. The minimum atomic E-state index is -0.266. The third kappa shape index (κ3) is 4.61. The number of benzene rings is 4. The number of hydrogen-bond donors (Lipinski definition) is 0. The molecule has 0 saturated heterocycles. The highest BCUT2D eigenvalue weighted by Crippen LogP contribution is 2.41. The van der Waals surface area contributed by atoms with Crippen molar-refractivity contribution in [1.29, 1.82) is 10.5 Å². The average Bonchev–Trinajstić information content (AvgIpc) is 3.59. The first-order valence-electron chi connectivity index (χ1n) is 12.4. The zero-order valence-electron chi connectivity index (χ0n) is 21.1. The van der Waals surface area contributed by atoms with Crippen LogP contribution in [0.1, 0.15) is 4.88 Å². The van der Waals surface area contributed by atoms with Gasteiger partial charge < -0.3 is 4.90 Å². The van der Waals surface area contributed by atoms with Gasteiger partial charge in [0.05, 0.1) is 15.9 Å². The number of thiazole rings is 1. The molecule has 0 unspecified atom stereocenters. The van der Waals surface area contributed by atoms with E-state index in [0.29, 0.717) is 14.9 Å². The molecule has 2 heterocycles. The minimum absolute atomic E-state index is 0.0938. The van der Waals surface area contributed by atoms with Crippen LogP contribution in [-0.2, 0) is 0 Å². The van der Waals surface area contributed by atoms with Crippen molar-refractivity contribution in [1.82, 2.24) is 4.57 Å². The van der Waals surface area contributed by atoms with E-state index < -0.39 is 0 Å². The molecule has 6 aromatic rings. The van der Waals surface area contributed by atoms with Gasteiger partial charge in [-0.25, -0.2) is 0 Å². The van der Waals surface area contributed by atoms with E-state index in [1.807, 2.05) is 72.8 Å². The molecule has 0 aliphatic heterocycles. The zero-order chi connectivity index (χ0) is 27.5. The maximum absolute atomic E-state index is 13.6. The van der Waals surface area contributed by atoms with E-state index >= 15 is 0 Å². The zero-order valence-corrected chi connectivity index (χ0v) is 22.7. The number of rotatable bonds is 5. The van der Waals surface area contributed by atoms with Gasteiger partial charge in [-0.05, 0) is 53.9 Å². The van der Waals surface area contributed by atoms with Crippen molar-refractivity contribution in [2.24, 2.45) is 0 Å². The first-order valence-corrected chi connectivity index (χ1v) is 14.1. The smallest absolute Gasteiger partial charge is 0.273 e. The Bertz CT molecular complexity index is 2090. The first-order chi connectivity index (χ1) is 19.7. The van der Waals surface area contributed by atoms with E-state index in [2.05, 4.69) is 53.4 Å². The Morgan fingerprint density at radius 2 is 1.43 bits per heavy atom. The monoisotopic (exact) mass is 552 g/mol. The molecule has 0 radical (unpaired) electrons. The van der Waals surface area contributed by atoms with Crippen LogP contribution in [0.2, 0.25) is 0 Å². The molecule has 0 fully saturated rings. The largest absolute Gasteiger partial charge is 0.301 e. The summed E-state index contributed by atoms with van der Waals surface area (Å²) in [6.45, 7) is 0. The van der Waals surface area contributed by atoms with Crippen LogP contribution in [0.15, 0.2) is 120 Å². The van der Waals surface area contributed by atoms with Crippen molar-refractivity contribution < 1.29 is 0 Å². The Kier molecular flexibility index (Phi) is 6.82. The Labute approximate surface area is 238 Å². The maximum Gasteiger partial charge on any atom is 0.273 e. The fourth-order valence-corrected chi connectivity index (χ4v) is 6.72. The number of aromatic nitrogens is 1. The Hall–Kier alpha value is -5.21. The van der Waals surface area contributed by atoms with E-state index in [9.17, 15) is 15.3 Å². The Morgan fingerprint density at radius 3 is 2.17 bits per heavy atom. The molecule has 40 heavy (non-hydrogen) atoms. The summed E-state index contributed by atoms with van der Waals surface area (Å²) in [6.07, 6.45) is 1.84. The molecule has 0 spiro atoms. The van der Waals surface area contributed by atoms with Gasteiger partial charge in [0.25, 0.3) is 5.56 Å². The van der Waals surface area contributed by atoms with Crippen molar-refractivity contribution in [3.05, 3.63) is 140 Å². The highest BCUT2D eigenvalue weighted by molar-refractivity contribution is 7.17. The van der Waals surface area contributed by atoms with Gasteiger partial charge in [0.15, 0.2) is 5.57 Å². The van der Waals surface area contributed by atoms with Crippen LogP contribution in [0.3, 0.4) is 0 Å². The summed E-state index contributed by atoms with van der Waals surface area (Å²) in [6, 6.07) is 41.8. The molecule has 0 aliphatic carbocycles. The van der Waals surface area contributed by atoms with E-state index in [1.54, 1.807) is 23.5 Å². The number of nitriles is 2. The molecule has 0 bridgehead atoms. The minimum Gasteiger partial charge on any atom is -0.301 e. The number of thiophene rings is 1. The standard InChI is InChI=1S/C33H20N4OS2/c34-21-24(22-35)33-37(26-14-5-2-6-15-26)32(38)30(40-33)20-27-18-19-31(39-27)36(25-12-3-1-4-13-25)29-17-9-11-23-10-7-8-16-28(23)29/h1-20H/b30-20-. The molecule has 190 valence electrons. The summed E-state index contributed by atoms with van der Waals surface area (Å²) >= 11 is 2.72. The quantitative estimate of drug-likeness (QED) is 0.241. The van der Waals surface area contributed by atoms with Crippen LogP contribution in [0.25, 0.3) is 28.1 Å². The van der Waals surface area contributed by atoms with E-state index in [-0.39, 0.29) is 11.1 Å². The molecule has 7 heteroatoms. The summed E-state index contributed by atoms with van der Waals surface area (Å²) < 4.78 is 2.22. The molecule has 0 atom stereocenters. The van der Waals surface area contributed by atoms with Crippen LogP contribution in [0.4, 0.5) is 16.4 Å². The van der Waals surface area contributed by atoms with Gasteiger partial charge in [0.2, 0.25) is 0 Å². The van der Waals surface area contributed by atoms with E-state index in [0.717, 1.165) is 43.4 Å². The summed E-state index contributed by atoms with van der Waals surface area (Å²) in [5.41, 5.74) is 2.34. The van der Waals surface area contributed by atoms with Gasteiger partial charge in [-0.3, -0.25) is 9.36 Å². The van der Waals surface area contributed by atoms with Gasteiger partial charge in [0.1, 0.15) is 21.8 Å². The molecule has 0 N–H and O–H groups in total. The normalized spacial score (nSPS) is 11.2. The number of para-hydroxylation sites is 2. The third-order valence-electron chi connectivity index (χ3n) is 6.40. The molecular formula is C33H20N4OS2. The first kappa shape index (κ1) is 25.1. The highest BCUT2D eigenvalue weighted by atomic mass is 32.1. The molecule has 4 aromatic carbocycles. The van der Waals surface area contributed by atoms with Crippen LogP contribution in [0.5, 0.6) is 0 Å². The second kappa shape index (κ2) is 10.9. The van der Waals surface area contributed by atoms with Crippen molar-refractivity contribution in [3.8, 4) is 17.8 Å². The number of nitrogens with zero attached hydrogens (tertiary/aromatic N) is 4. The predicted molar refractivity (Wildman–Crippen MR) is 164 cm³/mol. The Balaban J connectivity index is 1.53. The highest BCUT2D eigenvalue weighted by Gasteiger charge is 2.17. The lowest BCUT2D eigenvalue weighted by Crippen LogP contribution is -2.30. The lowest BCUT2D eigenvalue weighted by atomic mass is 10.1. The SMILES string of the molecule is N#CC(C#N)=c1s/c(=C\c2ccc(N(c3ccccc3)c3cccc4ccccc34)s2)c(=O)n1-c1ccccc1. The van der Waals surface area contributed by atoms with Crippen LogP contribution in [0, 0.1) is 22.7 Å². The van der Waals surface area contributed by atoms with E-state index in [4.69, 9.17) is 0 Å². The van der Waals surface area contributed by atoms with Crippen molar-refractivity contribution in [2.45, 2.75) is 0 Å². The molecule has 5 nitrogen and oxygen atoms in total. The molecule has 6 rings (SSSR count). The summed E-state index contributed by atoms with van der Waals surface area (Å²) in [7, 11) is 0. The van der Waals surface area contributed by atoms with Gasteiger partial charge in [0, 0.05) is 16.0 Å². The molecule has 2 aromatic heterocycles. The maximum atomic E-state index is 13.6. The second-order valence-electron chi connectivity index (χ2n) is 8.84. The number of anilines is 3. The van der Waals surface area contributed by atoms with Crippen molar-refractivity contribution >= 4 is 61.5 Å². The summed E-state index contributed by atoms with van der Waals surface area (Å²) in [5, 5.41) is 22.4. The third-order valence-corrected chi connectivity index (χ3v) is 8.51. The van der Waals surface area contributed by atoms with Crippen molar-refractivity contribution in [2.75, 3.05) is 4.90 Å². The molecular weight excluding hydrogens is 533 g/mol. The lowest BCUT2D eigenvalue weighted by Gasteiger charge is -2.25. The number of hydrogen-bond acceptors (Lipinski definition) is 6. The summed E-state index contributed by atoms with van der Waals surface area (Å²) in [4.78, 5) is 16.7. The van der Waals surface area contributed by atoms with Gasteiger partial charge in [-0.1, -0.05) is 72.8 Å². The van der Waals surface area contributed by atoms with Gasteiger partial charge in [-0.2, -0.15) is 10.5 Å².